The Bertz CT molecular complexity index is 1400. The van der Waals surface area contributed by atoms with Gasteiger partial charge in [0.25, 0.3) is 11.8 Å². The zero-order valence-electron chi connectivity index (χ0n) is 21.9. The zero-order valence-corrected chi connectivity index (χ0v) is 21.9. The summed E-state index contributed by atoms with van der Waals surface area (Å²) in [5.74, 6) is -2.74. The number of rotatable bonds is 11. The monoisotopic (exact) mass is 532 g/mol. The Balaban J connectivity index is 2.02. The number of anilines is 2. The molecule has 0 aliphatic rings. The molecule has 1 atom stereocenters. The first-order chi connectivity index (χ1) is 18.5. The van der Waals surface area contributed by atoms with Crippen molar-refractivity contribution in [1.82, 2.24) is 5.32 Å². The molecule has 0 aliphatic heterocycles. The van der Waals surface area contributed by atoms with Crippen LogP contribution in [0, 0.1) is 5.92 Å². The number of carbonyl (C=O) groups excluding carboxylic acids is 3. The number of amides is 3. The zero-order chi connectivity index (χ0) is 28.7. The van der Waals surface area contributed by atoms with Crippen molar-refractivity contribution in [2.45, 2.75) is 26.3 Å². The van der Waals surface area contributed by atoms with Gasteiger partial charge in [0, 0.05) is 35.1 Å². The standard InChI is InChI=1S/C29H32N4O6/c1-16(2)11-21(15-34)33-27(36)18-7-9-23(25(13-18)29(38)39)22-10-8-19(31-3)14-24(22)28(37)32-20-6-4-5-17(12-20)26(30)35/h4-10,12-14,16,21,31,34H,11,15H2,1-3H3,(H2,30,35)(H,32,37)(H,33,36)(H,38,39)/t21-/m0/s1. The molecule has 3 rings (SSSR count). The number of hydrogen-bond donors (Lipinski definition) is 6. The number of carboxylic acids is 1. The summed E-state index contributed by atoms with van der Waals surface area (Å²) >= 11 is 0. The first-order valence-electron chi connectivity index (χ1n) is 12.4. The number of aliphatic hydroxyl groups is 1. The third-order valence-corrected chi connectivity index (χ3v) is 6.07. The van der Waals surface area contributed by atoms with Crippen LogP contribution in [-0.2, 0) is 0 Å². The molecule has 0 aromatic heterocycles. The lowest BCUT2D eigenvalue weighted by Crippen LogP contribution is -2.38. The first-order valence-corrected chi connectivity index (χ1v) is 12.4. The molecule has 0 fully saturated rings. The molecule has 0 saturated heterocycles. The Morgan fingerprint density at radius 1 is 0.846 bits per heavy atom. The van der Waals surface area contributed by atoms with E-state index in [4.69, 9.17) is 5.73 Å². The highest BCUT2D eigenvalue weighted by Crippen LogP contribution is 2.31. The van der Waals surface area contributed by atoms with Crippen LogP contribution in [0.4, 0.5) is 11.4 Å². The number of nitrogens with two attached hydrogens (primary N) is 1. The van der Waals surface area contributed by atoms with E-state index in [1.807, 2.05) is 13.8 Å². The second kappa shape index (κ2) is 12.7. The van der Waals surface area contributed by atoms with Gasteiger partial charge in [-0.3, -0.25) is 14.4 Å². The van der Waals surface area contributed by atoms with Crippen LogP contribution in [0.25, 0.3) is 11.1 Å². The minimum atomic E-state index is -1.28. The van der Waals surface area contributed by atoms with E-state index >= 15 is 0 Å². The summed E-state index contributed by atoms with van der Waals surface area (Å²) in [6, 6.07) is 14.8. The van der Waals surface area contributed by atoms with E-state index in [9.17, 15) is 29.4 Å². The van der Waals surface area contributed by atoms with Crippen LogP contribution in [0.15, 0.2) is 60.7 Å². The maximum Gasteiger partial charge on any atom is 0.336 e. The van der Waals surface area contributed by atoms with Gasteiger partial charge in [-0.15, -0.1) is 0 Å². The van der Waals surface area contributed by atoms with Gasteiger partial charge in [0.05, 0.1) is 18.2 Å². The van der Waals surface area contributed by atoms with Crippen LogP contribution in [0.5, 0.6) is 0 Å². The molecule has 0 saturated carbocycles. The molecule has 0 bridgehead atoms. The molecular weight excluding hydrogens is 500 g/mol. The van der Waals surface area contributed by atoms with Crippen molar-refractivity contribution in [2.24, 2.45) is 11.7 Å². The molecule has 10 heteroatoms. The van der Waals surface area contributed by atoms with Gasteiger partial charge in [-0.1, -0.05) is 32.0 Å². The minimum absolute atomic E-state index is 0.111. The number of aliphatic hydroxyl groups excluding tert-OH is 1. The third-order valence-electron chi connectivity index (χ3n) is 6.07. The summed E-state index contributed by atoms with van der Waals surface area (Å²) in [6.45, 7) is 3.69. The number of aromatic carboxylic acids is 1. The number of hydrogen-bond acceptors (Lipinski definition) is 6. The van der Waals surface area contributed by atoms with Crippen molar-refractivity contribution in [3.05, 3.63) is 82.9 Å². The highest BCUT2D eigenvalue weighted by atomic mass is 16.4. The molecule has 0 heterocycles. The average molecular weight is 533 g/mol. The van der Waals surface area contributed by atoms with Crippen molar-refractivity contribution in [1.29, 1.82) is 0 Å². The number of benzene rings is 3. The molecule has 10 nitrogen and oxygen atoms in total. The van der Waals surface area contributed by atoms with E-state index in [1.54, 1.807) is 37.4 Å². The van der Waals surface area contributed by atoms with Gasteiger partial charge in [-0.05, 0) is 65.9 Å². The Kier molecular flexibility index (Phi) is 9.40. The van der Waals surface area contributed by atoms with Crippen LogP contribution in [-0.4, -0.2) is 53.6 Å². The molecule has 3 amide bonds. The topological polar surface area (TPSA) is 171 Å². The molecule has 0 unspecified atom stereocenters. The second-order valence-corrected chi connectivity index (χ2v) is 9.46. The third kappa shape index (κ3) is 7.20. The summed E-state index contributed by atoms with van der Waals surface area (Å²) < 4.78 is 0. The number of nitrogens with one attached hydrogen (secondary N) is 3. The van der Waals surface area contributed by atoms with E-state index in [0.29, 0.717) is 23.4 Å². The van der Waals surface area contributed by atoms with Gasteiger partial charge in [-0.25, -0.2) is 4.79 Å². The fraction of sp³-hybridized carbons (Fsp3) is 0.241. The molecule has 0 aliphatic carbocycles. The maximum atomic E-state index is 13.4. The average Bonchev–Trinajstić information content (AvgIpc) is 2.91. The van der Waals surface area contributed by atoms with E-state index in [1.165, 1.54) is 30.3 Å². The van der Waals surface area contributed by atoms with E-state index in [2.05, 4.69) is 16.0 Å². The summed E-state index contributed by atoms with van der Waals surface area (Å²) in [7, 11) is 1.68. The molecule has 3 aromatic rings. The highest BCUT2D eigenvalue weighted by molar-refractivity contribution is 6.11. The predicted octanol–water partition coefficient (Wildman–Crippen LogP) is 3.58. The summed E-state index contributed by atoms with van der Waals surface area (Å²) in [6.07, 6.45) is 0.560. The Labute approximate surface area is 226 Å². The molecule has 7 N–H and O–H groups in total. The van der Waals surface area contributed by atoms with Gasteiger partial charge in [-0.2, -0.15) is 0 Å². The Morgan fingerprint density at radius 2 is 1.54 bits per heavy atom. The van der Waals surface area contributed by atoms with Crippen LogP contribution in [0.3, 0.4) is 0 Å². The highest BCUT2D eigenvalue weighted by Gasteiger charge is 2.22. The number of primary amides is 1. The van der Waals surface area contributed by atoms with Crippen LogP contribution >= 0.6 is 0 Å². The van der Waals surface area contributed by atoms with Crippen molar-refractivity contribution in [3.8, 4) is 11.1 Å². The van der Waals surface area contributed by atoms with Crippen LogP contribution < -0.4 is 21.7 Å². The number of carbonyl (C=O) groups is 4. The predicted molar refractivity (Wildman–Crippen MR) is 149 cm³/mol. The SMILES string of the molecule is CNc1ccc(-c2ccc(C(=O)N[C@H](CO)CC(C)C)cc2C(=O)O)c(C(=O)Nc2cccc(C(N)=O)c2)c1. The maximum absolute atomic E-state index is 13.4. The fourth-order valence-corrected chi connectivity index (χ4v) is 4.19. The van der Waals surface area contributed by atoms with Crippen LogP contribution in [0.2, 0.25) is 0 Å². The van der Waals surface area contributed by atoms with E-state index in [-0.39, 0.29) is 40.3 Å². The van der Waals surface area contributed by atoms with Gasteiger partial charge in [0.1, 0.15) is 0 Å². The molecule has 0 radical (unpaired) electrons. The summed E-state index contributed by atoms with van der Waals surface area (Å²) in [5.41, 5.74) is 7.18. The normalized spacial score (nSPS) is 11.5. The second-order valence-electron chi connectivity index (χ2n) is 9.46. The van der Waals surface area contributed by atoms with Gasteiger partial charge < -0.3 is 31.9 Å². The van der Waals surface area contributed by atoms with Gasteiger partial charge in [0.2, 0.25) is 5.91 Å². The smallest absolute Gasteiger partial charge is 0.336 e. The van der Waals surface area contributed by atoms with Crippen molar-refractivity contribution < 1.29 is 29.4 Å². The largest absolute Gasteiger partial charge is 0.478 e. The fourth-order valence-electron chi connectivity index (χ4n) is 4.19. The van der Waals surface area contributed by atoms with Gasteiger partial charge in [0.15, 0.2) is 0 Å². The minimum Gasteiger partial charge on any atom is -0.478 e. The lowest BCUT2D eigenvalue weighted by Gasteiger charge is -2.19. The quantitative estimate of drug-likeness (QED) is 0.219. The first kappa shape index (κ1) is 28.9. The number of carboxylic acid groups (broad SMARTS) is 1. The van der Waals surface area contributed by atoms with Crippen molar-refractivity contribution in [2.75, 3.05) is 24.3 Å². The summed E-state index contributed by atoms with van der Waals surface area (Å²) in [4.78, 5) is 50.0. The molecule has 204 valence electrons. The lowest BCUT2D eigenvalue weighted by atomic mass is 9.92. The summed E-state index contributed by atoms with van der Waals surface area (Å²) in [5, 5.41) is 28.0. The molecule has 0 spiro atoms. The van der Waals surface area contributed by atoms with E-state index < -0.39 is 29.7 Å². The molecule has 39 heavy (non-hydrogen) atoms. The molecule has 3 aromatic carbocycles. The van der Waals surface area contributed by atoms with Crippen LogP contribution in [0.1, 0.15) is 61.7 Å². The molecular formula is C29H32N4O6. The Hall–Kier alpha value is -4.70. The van der Waals surface area contributed by atoms with Crippen molar-refractivity contribution >= 4 is 35.1 Å². The van der Waals surface area contributed by atoms with Gasteiger partial charge >= 0.3 is 5.97 Å². The lowest BCUT2D eigenvalue weighted by molar-refractivity contribution is 0.0697. The Morgan fingerprint density at radius 3 is 2.15 bits per heavy atom. The van der Waals surface area contributed by atoms with E-state index in [0.717, 1.165) is 0 Å². The van der Waals surface area contributed by atoms with Crippen molar-refractivity contribution in [3.63, 3.8) is 0 Å².